The first-order valence-corrected chi connectivity index (χ1v) is 7.32. The first-order valence-electron chi connectivity index (χ1n) is 6.52. The Balaban J connectivity index is 1.95. The Labute approximate surface area is 120 Å². The van der Waals surface area contributed by atoms with E-state index in [0.717, 1.165) is 47.1 Å². The highest BCUT2D eigenvalue weighted by atomic mass is 79.9. The second kappa shape index (κ2) is 5.25. The normalized spacial score (nSPS) is 13.8. The summed E-state index contributed by atoms with van der Waals surface area (Å²) in [6.45, 7) is 4.67. The van der Waals surface area contributed by atoms with Gasteiger partial charge in [-0.2, -0.15) is 0 Å². The number of nitrogens with zero attached hydrogens (tertiary/aromatic N) is 2. The van der Waals surface area contributed by atoms with E-state index >= 15 is 0 Å². The van der Waals surface area contributed by atoms with Crippen molar-refractivity contribution in [2.24, 2.45) is 0 Å². The van der Waals surface area contributed by atoms with E-state index in [1.54, 1.807) is 0 Å². The van der Waals surface area contributed by atoms with Crippen LogP contribution in [0, 0.1) is 0 Å². The first kappa shape index (κ1) is 12.5. The summed E-state index contributed by atoms with van der Waals surface area (Å²) in [6.07, 6.45) is 1.13. The second-order valence-electron chi connectivity index (χ2n) is 4.46. The van der Waals surface area contributed by atoms with Crippen molar-refractivity contribution >= 4 is 21.9 Å². The average Bonchev–Trinajstić information content (AvgIpc) is 2.78. The van der Waals surface area contributed by atoms with E-state index < -0.39 is 0 Å². The van der Waals surface area contributed by atoms with E-state index in [4.69, 9.17) is 4.74 Å². The third-order valence-corrected chi connectivity index (χ3v) is 3.99. The lowest BCUT2D eigenvalue weighted by Crippen LogP contribution is -2.17. The standard InChI is InChI=1S/C14H16BrN3O/c1-2-19-11-6-4-10(5-7-11)12-13(15)18-9-3-8-16-14(18)17-12/h4-7H,2-3,8-9H2,1H3,(H,16,17). The molecule has 1 aromatic heterocycles. The van der Waals surface area contributed by atoms with Gasteiger partial charge in [-0.3, -0.25) is 0 Å². The number of ether oxygens (including phenoxy) is 1. The lowest BCUT2D eigenvalue weighted by molar-refractivity contribution is 0.340. The van der Waals surface area contributed by atoms with E-state index in [2.05, 4.69) is 30.8 Å². The zero-order valence-electron chi connectivity index (χ0n) is 10.8. The zero-order valence-corrected chi connectivity index (χ0v) is 12.4. The lowest BCUT2D eigenvalue weighted by atomic mass is 10.1. The van der Waals surface area contributed by atoms with Crippen molar-refractivity contribution in [3.8, 4) is 17.0 Å². The molecule has 3 rings (SSSR count). The van der Waals surface area contributed by atoms with Crippen molar-refractivity contribution in [2.45, 2.75) is 19.9 Å². The molecule has 100 valence electrons. The molecule has 0 radical (unpaired) electrons. The molecule has 5 heteroatoms. The number of fused-ring (bicyclic) bond motifs is 1. The van der Waals surface area contributed by atoms with Gasteiger partial charge in [-0.05, 0) is 53.5 Å². The maximum absolute atomic E-state index is 5.46. The number of halogens is 1. The monoisotopic (exact) mass is 321 g/mol. The molecule has 1 aromatic carbocycles. The Morgan fingerprint density at radius 2 is 2.16 bits per heavy atom. The fourth-order valence-electron chi connectivity index (χ4n) is 2.27. The van der Waals surface area contributed by atoms with Crippen molar-refractivity contribution in [3.05, 3.63) is 28.9 Å². The molecule has 0 bridgehead atoms. The van der Waals surface area contributed by atoms with Gasteiger partial charge in [-0.15, -0.1) is 0 Å². The van der Waals surface area contributed by atoms with Gasteiger partial charge in [0.15, 0.2) is 0 Å². The highest BCUT2D eigenvalue weighted by Gasteiger charge is 2.18. The fourth-order valence-corrected chi connectivity index (χ4v) is 2.93. The van der Waals surface area contributed by atoms with Crippen molar-refractivity contribution in [3.63, 3.8) is 0 Å². The van der Waals surface area contributed by atoms with Gasteiger partial charge >= 0.3 is 0 Å². The third-order valence-electron chi connectivity index (χ3n) is 3.19. The molecule has 0 atom stereocenters. The Morgan fingerprint density at radius 3 is 2.84 bits per heavy atom. The molecule has 0 aliphatic carbocycles. The summed E-state index contributed by atoms with van der Waals surface area (Å²) in [5.41, 5.74) is 2.08. The Morgan fingerprint density at radius 1 is 1.37 bits per heavy atom. The van der Waals surface area contributed by atoms with Crippen LogP contribution in [0.15, 0.2) is 28.9 Å². The molecule has 1 aliphatic rings. The maximum Gasteiger partial charge on any atom is 0.204 e. The van der Waals surface area contributed by atoms with Gasteiger partial charge in [-0.25, -0.2) is 4.98 Å². The van der Waals surface area contributed by atoms with Crippen LogP contribution in [-0.2, 0) is 6.54 Å². The minimum absolute atomic E-state index is 0.686. The Kier molecular flexibility index (Phi) is 3.46. The quantitative estimate of drug-likeness (QED) is 0.940. The SMILES string of the molecule is CCOc1ccc(-c2nc3n(c2Br)CCCN3)cc1. The van der Waals surface area contributed by atoms with Gasteiger partial charge in [0.25, 0.3) is 0 Å². The molecular formula is C14H16BrN3O. The van der Waals surface area contributed by atoms with E-state index in [-0.39, 0.29) is 0 Å². The van der Waals surface area contributed by atoms with E-state index in [9.17, 15) is 0 Å². The summed E-state index contributed by atoms with van der Waals surface area (Å²) in [7, 11) is 0. The minimum Gasteiger partial charge on any atom is -0.494 e. The highest BCUT2D eigenvalue weighted by Crippen LogP contribution is 2.33. The van der Waals surface area contributed by atoms with Gasteiger partial charge < -0.3 is 14.6 Å². The van der Waals surface area contributed by atoms with Crippen LogP contribution in [0.3, 0.4) is 0 Å². The zero-order chi connectivity index (χ0) is 13.2. The summed E-state index contributed by atoms with van der Waals surface area (Å²) in [6, 6.07) is 8.06. The molecular weight excluding hydrogens is 306 g/mol. The van der Waals surface area contributed by atoms with Crippen LogP contribution in [-0.4, -0.2) is 22.7 Å². The number of rotatable bonds is 3. The van der Waals surface area contributed by atoms with Crippen molar-refractivity contribution in [1.82, 2.24) is 9.55 Å². The van der Waals surface area contributed by atoms with Gasteiger partial charge in [-0.1, -0.05) is 0 Å². The van der Waals surface area contributed by atoms with Crippen LogP contribution in [0.25, 0.3) is 11.3 Å². The molecule has 0 saturated carbocycles. The molecule has 1 N–H and O–H groups in total. The molecule has 4 nitrogen and oxygen atoms in total. The fraction of sp³-hybridized carbons (Fsp3) is 0.357. The number of aromatic nitrogens is 2. The number of anilines is 1. The summed E-state index contributed by atoms with van der Waals surface area (Å²) in [5.74, 6) is 1.84. The molecule has 19 heavy (non-hydrogen) atoms. The largest absolute Gasteiger partial charge is 0.494 e. The number of hydrogen-bond donors (Lipinski definition) is 1. The van der Waals surface area contributed by atoms with E-state index in [1.165, 1.54) is 0 Å². The maximum atomic E-state index is 5.46. The number of hydrogen-bond acceptors (Lipinski definition) is 3. The summed E-state index contributed by atoms with van der Waals surface area (Å²) in [4.78, 5) is 4.66. The lowest BCUT2D eigenvalue weighted by Gasteiger charge is -2.15. The average molecular weight is 322 g/mol. The van der Waals surface area contributed by atoms with Gasteiger partial charge in [0.2, 0.25) is 5.95 Å². The van der Waals surface area contributed by atoms with E-state index in [1.807, 2.05) is 31.2 Å². The summed E-state index contributed by atoms with van der Waals surface area (Å²) < 4.78 is 8.68. The number of benzene rings is 1. The molecule has 0 spiro atoms. The van der Waals surface area contributed by atoms with Crippen LogP contribution in [0.2, 0.25) is 0 Å². The van der Waals surface area contributed by atoms with E-state index in [0.29, 0.717) is 6.61 Å². The highest BCUT2D eigenvalue weighted by molar-refractivity contribution is 9.10. The number of nitrogens with one attached hydrogen (secondary N) is 1. The second-order valence-corrected chi connectivity index (χ2v) is 5.22. The van der Waals surface area contributed by atoms with Gasteiger partial charge in [0.1, 0.15) is 16.0 Å². The van der Waals surface area contributed by atoms with Crippen molar-refractivity contribution in [1.29, 1.82) is 0 Å². The van der Waals surface area contributed by atoms with Gasteiger partial charge in [0, 0.05) is 18.7 Å². The molecule has 1 aliphatic heterocycles. The Hall–Kier alpha value is -1.49. The van der Waals surface area contributed by atoms with Crippen molar-refractivity contribution in [2.75, 3.05) is 18.5 Å². The molecule has 0 unspecified atom stereocenters. The first-order chi connectivity index (χ1) is 9.29. The molecule has 0 amide bonds. The van der Waals surface area contributed by atoms with Crippen molar-refractivity contribution < 1.29 is 4.74 Å². The van der Waals surface area contributed by atoms with Gasteiger partial charge in [0.05, 0.1) is 6.61 Å². The molecule has 2 heterocycles. The topological polar surface area (TPSA) is 39.1 Å². The summed E-state index contributed by atoms with van der Waals surface area (Å²) >= 11 is 3.65. The van der Waals surface area contributed by atoms with Crippen LogP contribution in [0.1, 0.15) is 13.3 Å². The minimum atomic E-state index is 0.686. The smallest absolute Gasteiger partial charge is 0.204 e. The van der Waals surface area contributed by atoms with Crippen LogP contribution in [0.5, 0.6) is 5.75 Å². The molecule has 2 aromatic rings. The van der Waals surface area contributed by atoms with Crippen LogP contribution >= 0.6 is 15.9 Å². The number of imidazole rings is 1. The summed E-state index contributed by atoms with van der Waals surface area (Å²) in [5, 5.41) is 3.32. The predicted molar refractivity (Wildman–Crippen MR) is 79.6 cm³/mol. The van der Waals surface area contributed by atoms with Crippen LogP contribution < -0.4 is 10.1 Å². The molecule has 0 fully saturated rings. The predicted octanol–water partition coefficient (Wildman–Crippen LogP) is 3.53. The van der Waals surface area contributed by atoms with Crippen LogP contribution in [0.4, 0.5) is 5.95 Å². The Bertz CT molecular complexity index is 577. The third kappa shape index (κ3) is 2.34. The molecule has 0 saturated heterocycles.